The lowest BCUT2D eigenvalue weighted by Gasteiger charge is -2.13. The minimum absolute atomic E-state index is 0.00699. The minimum Gasteiger partial charge on any atom is -0.467 e. The second kappa shape index (κ2) is 6.45. The van der Waals surface area contributed by atoms with Crippen molar-refractivity contribution in [2.24, 2.45) is 0 Å². The molecular weight excluding hydrogens is 313 g/mol. The van der Waals surface area contributed by atoms with E-state index in [9.17, 15) is 0 Å². The van der Waals surface area contributed by atoms with Gasteiger partial charge in [-0.1, -0.05) is 25.4 Å². The van der Waals surface area contributed by atoms with Crippen molar-refractivity contribution in [1.29, 1.82) is 0 Å². The molecule has 112 valence electrons. The predicted molar refractivity (Wildman–Crippen MR) is 81.7 cm³/mol. The summed E-state index contributed by atoms with van der Waals surface area (Å²) in [6, 6.07) is 3.91. The maximum absolute atomic E-state index is 6.23. The quantitative estimate of drug-likeness (QED) is 0.832. The predicted octanol–water partition coefficient (Wildman–Crippen LogP) is 4.41. The third-order valence-corrected chi connectivity index (χ3v) is 3.36. The molecule has 1 heterocycles. The Hall–Kier alpha value is -1.59. The van der Waals surface area contributed by atoms with Gasteiger partial charge < -0.3 is 9.47 Å². The maximum Gasteiger partial charge on any atom is 0.329 e. The summed E-state index contributed by atoms with van der Waals surface area (Å²) in [5.74, 6) is 0.893. The van der Waals surface area contributed by atoms with Crippen LogP contribution in [-0.4, -0.2) is 22.1 Å². The first-order chi connectivity index (χ1) is 9.90. The average Bonchev–Trinajstić information content (AvgIpc) is 2.40. The molecule has 0 spiro atoms. The zero-order chi connectivity index (χ0) is 15.6. The number of hydrogen-bond acceptors (Lipinski definition) is 5. The Morgan fingerprint density at radius 2 is 1.71 bits per heavy atom. The standard InChI is InChI=1S/C14H15Cl2N3O2/c1-7(2)9-6-11(8(3)5-10(9)15)21-14-18-12(16)17-13(19-14)20-4/h5-7H,1-4H3. The van der Waals surface area contributed by atoms with E-state index in [-0.39, 0.29) is 23.2 Å². The smallest absolute Gasteiger partial charge is 0.329 e. The molecule has 0 saturated heterocycles. The molecule has 0 unspecified atom stereocenters. The van der Waals surface area contributed by atoms with Gasteiger partial charge in [-0.25, -0.2) is 0 Å². The van der Waals surface area contributed by atoms with Crippen molar-refractivity contribution in [3.63, 3.8) is 0 Å². The summed E-state index contributed by atoms with van der Waals surface area (Å²) in [6.07, 6.45) is 0. The van der Waals surface area contributed by atoms with Gasteiger partial charge in [0.1, 0.15) is 5.75 Å². The number of aryl methyl sites for hydroxylation is 1. The van der Waals surface area contributed by atoms with Gasteiger partial charge in [-0.05, 0) is 47.7 Å². The van der Waals surface area contributed by atoms with E-state index in [4.69, 9.17) is 32.7 Å². The van der Waals surface area contributed by atoms with Gasteiger partial charge >= 0.3 is 12.0 Å². The first-order valence-corrected chi connectivity index (χ1v) is 7.09. The monoisotopic (exact) mass is 327 g/mol. The molecule has 21 heavy (non-hydrogen) atoms. The second-order valence-electron chi connectivity index (χ2n) is 4.77. The van der Waals surface area contributed by atoms with E-state index >= 15 is 0 Å². The lowest BCUT2D eigenvalue weighted by molar-refractivity contribution is 0.358. The van der Waals surface area contributed by atoms with E-state index in [1.807, 2.05) is 19.1 Å². The van der Waals surface area contributed by atoms with E-state index < -0.39 is 0 Å². The maximum atomic E-state index is 6.23. The number of nitrogens with zero attached hydrogens (tertiary/aromatic N) is 3. The molecule has 0 saturated carbocycles. The lowest BCUT2D eigenvalue weighted by atomic mass is 10.0. The molecule has 2 rings (SSSR count). The summed E-state index contributed by atoms with van der Waals surface area (Å²) < 4.78 is 10.6. The van der Waals surface area contributed by atoms with Gasteiger partial charge in [-0.3, -0.25) is 0 Å². The SMILES string of the molecule is COc1nc(Cl)nc(Oc2cc(C(C)C)c(Cl)cc2C)n1. The summed E-state index contributed by atoms with van der Waals surface area (Å²) in [5, 5.41) is 0.716. The average molecular weight is 328 g/mol. The molecule has 0 aliphatic rings. The van der Waals surface area contributed by atoms with Crippen molar-refractivity contribution in [1.82, 2.24) is 15.0 Å². The Kier molecular flexibility index (Phi) is 4.85. The van der Waals surface area contributed by atoms with Gasteiger partial charge in [-0.15, -0.1) is 4.98 Å². The van der Waals surface area contributed by atoms with Gasteiger partial charge in [0.2, 0.25) is 5.28 Å². The van der Waals surface area contributed by atoms with Crippen LogP contribution in [0.25, 0.3) is 0 Å². The largest absolute Gasteiger partial charge is 0.467 e. The molecule has 0 radical (unpaired) electrons. The summed E-state index contributed by atoms with van der Waals surface area (Å²) in [4.78, 5) is 11.7. The van der Waals surface area contributed by atoms with E-state index in [0.29, 0.717) is 10.8 Å². The Morgan fingerprint density at radius 1 is 1.05 bits per heavy atom. The van der Waals surface area contributed by atoms with E-state index in [1.165, 1.54) is 7.11 Å². The highest BCUT2D eigenvalue weighted by atomic mass is 35.5. The number of aromatic nitrogens is 3. The van der Waals surface area contributed by atoms with Crippen LogP contribution < -0.4 is 9.47 Å². The summed E-state index contributed by atoms with van der Waals surface area (Å²) in [6.45, 7) is 6.01. The molecule has 0 bridgehead atoms. The highest BCUT2D eigenvalue weighted by molar-refractivity contribution is 6.31. The van der Waals surface area contributed by atoms with Crippen LogP contribution in [0.3, 0.4) is 0 Å². The van der Waals surface area contributed by atoms with Crippen LogP contribution in [0.15, 0.2) is 12.1 Å². The van der Waals surface area contributed by atoms with Crippen LogP contribution in [0, 0.1) is 6.92 Å². The number of halogens is 2. The molecule has 7 heteroatoms. The third kappa shape index (κ3) is 3.74. The summed E-state index contributed by atoms with van der Waals surface area (Å²) >= 11 is 12.0. The van der Waals surface area contributed by atoms with E-state index in [2.05, 4.69) is 28.8 Å². The molecule has 5 nitrogen and oxygen atoms in total. The van der Waals surface area contributed by atoms with E-state index in [1.54, 1.807) is 0 Å². The summed E-state index contributed by atoms with van der Waals surface area (Å²) in [5.41, 5.74) is 1.87. The van der Waals surface area contributed by atoms with Crippen LogP contribution in [0.2, 0.25) is 10.3 Å². The Labute approximate surface area is 133 Å². The van der Waals surface area contributed by atoms with Crippen LogP contribution in [0.4, 0.5) is 0 Å². The molecule has 2 aromatic rings. The summed E-state index contributed by atoms with van der Waals surface area (Å²) in [7, 11) is 1.44. The van der Waals surface area contributed by atoms with E-state index in [0.717, 1.165) is 11.1 Å². The molecule has 0 N–H and O–H groups in total. The Bertz CT molecular complexity index is 663. The molecule has 0 aliphatic heterocycles. The van der Waals surface area contributed by atoms with Crippen LogP contribution in [0.5, 0.6) is 17.8 Å². The number of benzene rings is 1. The molecule has 0 amide bonds. The van der Waals surface area contributed by atoms with Crippen molar-refractivity contribution < 1.29 is 9.47 Å². The van der Waals surface area contributed by atoms with Gasteiger partial charge in [0, 0.05) is 5.02 Å². The molecule has 1 aromatic carbocycles. The highest BCUT2D eigenvalue weighted by Crippen LogP contribution is 2.33. The van der Waals surface area contributed by atoms with Crippen LogP contribution in [0.1, 0.15) is 30.9 Å². The zero-order valence-electron chi connectivity index (χ0n) is 12.1. The van der Waals surface area contributed by atoms with Crippen LogP contribution >= 0.6 is 23.2 Å². The van der Waals surface area contributed by atoms with Gasteiger partial charge in [0.25, 0.3) is 0 Å². The molecule has 1 aromatic heterocycles. The number of ether oxygens (including phenoxy) is 2. The number of rotatable bonds is 4. The zero-order valence-corrected chi connectivity index (χ0v) is 13.7. The third-order valence-electron chi connectivity index (χ3n) is 2.87. The number of methoxy groups -OCH3 is 1. The first-order valence-electron chi connectivity index (χ1n) is 6.34. The highest BCUT2D eigenvalue weighted by Gasteiger charge is 2.13. The molecule has 0 atom stereocenters. The van der Waals surface area contributed by atoms with Crippen LogP contribution in [-0.2, 0) is 0 Å². The van der Waals surface area contributed by atoms with Crippen molar-refractivity contribution >= 4 is 23.2 Å². The van der Waals surface area contributed by atoms with Crippen molar-refractivity contribution in [3.05, 3.63) is 33.6 Å². The minimum atomic E-state index is 0.00699. The number of hydrogen-bond donors (Lipinski definition) is 0. The second-order valence-corrected chi connectivity index (χ2v) is 5.51. The fourth-order valence-corrected chi connectivity index (χ4v) is 2.35. The first kappa shape index (κ1) is 15.8. The van der Waals surface area contributed by atoms with Gasteiger partial charge in [0.15, 0.2) is 0 Å². The lowest BCUT2D eigenvalue weighted by Crippen LogP contribution is -2.00. The Balaban J connectivity index is 2.39. The van der Waals surface area contributed by atoms with Crippen molar-refractivity contribution in [3.8, 4) is 17.8 Å². The van der Waals surface area contributed by atoms with Gasteiger partial charge in [0.05, 0.1) is 7.11 Å². The van der Waals surface area contributed by atoms with Crippen molar-refractivity contribution in [2.45, 2.75) is 26.7 Å². The topological polar surface area (TPSA) is 57.1 Å². The molecular formula is C14H15Cl2N3O2. The van der Waals surface area contributed by atoms with Gasteiger partial charge in [-0.2, -0.15) is 9.97 Å². The fraction of sp³-hybridized carbons (Fsp3) is 0.357. The fourth-order valence-electron chi connectivity index (χ4n) is 1.77. The normalized spacial score (nSPS) is 10.8. The van der Waals surface area contributed by atoms with Crippen molar-refractivity contribution in [2.75, 3.05) is 7.11 Å². The Morgan fingerprint density at radius 3 is 2.33 bits per heavy atom. The molecule has 0 aliphatic carbocycles. The molecule has 0 fully saturated rings.